The number of nitrogens with one attached hydrogen (secondary N) is 2. The van der Waals surface area contributed by atoms with E-state index in [1.54, 1.807) is 0 Å². The highest BCUT2D eigenvalue weighted by Gasteiger charge is 2.20. The molecule has 0 bridgehead atoms. The van der Waals surface area contributed by atoms with Crippen LogP contribution in [-0.4, -0.2) is 35.6 Å². The number of aryl methyl sites for hydroxylation is 2. The Morgan fingerprint density at radius 1 is 1.20 bits per heavy atom. The number of nitrogens with zero attached hydrogens (tertiary/aromatic N) is 3. The predicted octanol–water partition coefficient (Wildman–Crippen LogP) is 2.98. The van der Waals surface area contributed by atoms with E-state index in [0.717, 1.165) is 38.4 Å². The lowest BCUT2D eigenvalue weighted by Crippen LogP contribution is -2.43. The van der Waals surface area contributed by atoms with Crippen molar-refractivity contribution in [3.05, 3.63) is 54.1 Å². The summed E-state index contributed by atoms with van der Waals surface area (Å²) in [5, 5.41) is 6.83. The Balaban J connectivity index is 1.78. The van der Waals surface area contributed by atoms with Gasteiger partial charge in [0.1, 0.15) is 0 Å². The zero-order valence-corrected chi connectivity index (χ0v) is 15.9. The quantitative estimate of drug-likeness (QED) is 0.441. The number of rotatable bonds is 8. The van der Waals surface area contributed by atoms with Gasteiger partial charge < -0.3 is 15.2 Å². The average molecular weight is 342 g/mol. The summed E-state index contributed by atoms with van der Waals surface area (Å²) in [6, 6.07) is 8.92. The molecule has 0 saturated carbocycles. The van der Waals surface area contributed by atoms with E-state index in [9.17, 15) is 0 Å². The molecule has 25 heavy (non-hydrogen) atoms. The minimum Gasteiger partial charge on any atom is -0.356 e. The van der Waals surface area contributed by atoms with Crippen LogP contribution in [0.4, 0.5) is 0 Å². The number of guanidine groups is 1. The maximum atomic E-state index is 4.32. The first-order valence-electron chi connectivity index (χ1n) is 9.05. The van der Waals surface area contributed by atoms with Crippen molar-refractivity contribution in [2.75, 3.05) is 20.1 Å². The van der Waals surface area contributed by atoms with Gasteiger partial charge in [-0.15, -0.1) is 0 Å². The molecule has 5 heteroatoms. The summed E-state index contributed by atoms with van der Waals surface area (Å²) in [5.74, 6) is 0.851. The van der Waals surface area contributed by atoms with Crippen LogP contribution in [0.5, 0.6) is 0 Å². The van der Waals surface area contributed by atoms with Gasteiger partial charge >= 0.3 is 0 Å². The second kappa shape index (κ2) is 9.25. The van der Waals surface area contributed by atoms with E-state index < -0.39 is 0 Å². The standard InChI is InChI=1S/C20H31N5/c1-5-17-7-9-18(10-8-17)20(2,3)15-24-19(21-4)23-11-6-13-25-14-12-22-16-25/h7-10,12,14,16H,5-6,11,13,15H2,1-4H3,(H2,21,23,24). The molecule has 0 aliphatic heterocycles. The molecule has 136 valence electrons. The number of hydrogen-bond acceptors (Lipinski definition) is 2. The van der Waals surface area contributed by atoms with E-state index in [1.165, 1.54) is 11.1 Å². The molecule has 0 fully saturated rings. The molecular formula is C20H31N5. The van der Waals surface area contributed by atoms with E-state index in [2.05, 4.69) is 70.2 Å². The highest BCUT2D eigenvalue weighted by Crippen LogP contribution is 2.22. The minimum absolute atomic E-state index is 0.0424. The Hall–Kier alpha value is -2.30. The van der Waals surface area contributed by atoms with Gasteiger partial charge in [-0.3, -0.25) is 4.99 Å². The van der Waals surface area contributed by atoms with E-state index in [-0.39, 0.29) is 5.41 Å². The molecule has 0 aliphatic carbocycles. The molecule has 0 unspecified atom stereocenters. The summed E-state index contributed by atoms with van der Waals surface area (Å²) in [6.45, 7) is 9.37. The van der Waals surface area contributed by atoms with Crippen LogP contribution in [0.25, 0.3) is 0 Å². The molecule has 0 saturated heterocycles. The third-order valence-electron chi connectivity index (χ3n) is 4.51. The van der Waals surface area contributed by atoms with Gasteiger partial charge in [-0.05, 0) is 24.0 Å². The average Bonchev–Trinajstić information content (AvgIpc) is 3.14. The monoisotopic (exact) mass is 341 g/mol. The molecule has 0 amide bonds. The fourth-order valence-electron chi connectivity index (χ4n) is 2.71. The van der Waals surface area contributed by atoms with E-state index >= 15 is 0 Å². The van der Waals surface area contributed by atoms with Crippen LogP contribution >= 0.6 is 0 Å². The van der Waals surface area contributed by atoms with Crippen LogP contribution in [0.15, 0.2) is 48.0 Å². The van der Waals surface area contributed by atoms with Crippen LogP contribution in [0, 0.1) is 0 Å². The normalized spacial score (nSPS) is 12.2. The van der Waals surface area contributed by atoms with Gasteiger partial charge in [-0.2, -0.15) is 0 Å². The SMILES string of the molecule is CCc1ccc(C(C)(C)CNC(=NC)NCCCn2ccnc2)cc1. The van der Waals surface area contributed by atoms with Crippen molar-refractivity contribution >= 4 is 5.96 Å². The van der Waals surface area contributed by atoms with Crippen LogP contribution in [-0.2, 0) is 18.4 Å². The van der Waals surface area contributed by atoms with Crippen molar-refractivity contribution in [2.24, 2.45) is 4.99 Å². The molecule has 1 aromatic heterocycles. The molecule has 2 aromatic rings. The Morgan fingerprint density at radius 3 is 2.56 bits per heavy atom. The molecular weight excluding hydrogens is 310 g/mol. The Kier molecular flexibility index (Phi) is 7.04. The summed E-state index contributed by atoms with van der Waals surface area (Å²) in [5.41, 5.74) is 2.76. The summed E-state index contributed by atoms with van der Waals surface area (Å²) < 4.78 is 2.08. The second-order valence-electron chi connectivity index (χ2n) is 6.94. The van der Waals surface area contributed by atoms with Crippen molar-refractivity contribution in [2.45, 2.75) is 45.6 Å². The van der Waals surface area contributed by atoms with Crippen LogP contribution in [0.2, 0.25) is 0 Å². The van der Waals surface area contributed by atoms with Gasteiger partial charge in [0, 0.05) is 44.5 Å². The molecule has 0 spiro atoms. The van der Waals surface area contributed by atoms with Gasteiger partial charge in [-0.1, -0.05) is 45.0 Å². The second-order valence-corrected chi connectivity index (χ2v) is 6.94. The van der Waals surface area contributed by atoms with Gasteiger partial charge in [0.25, 0.3) is 0 Å². The van der Waals surface area contributed by atoms with Crippen molar-refractivity contribution < 1.29 is 0 Å². The van der Waals surface area contributed by atoms with Crippen LogP contribution < -0.4 is 10.6 Å². The Bertz CT molecular complexity index is 641. The van der Waals surface area contributed by atoms with Gasteiger partial charge in [0.05, 0.1) is 6.33 Å². The predicted molar refractivity (Wildman–Crippen MR) is 105 cm³/mol. The van der Waals surface area contributed by atoms with E-state index in [4.69, 9.17) is 0 Å². The molecule has 2 N–H and O–H groups in total. The Labute approximate surface area is 151 Å². The summed E-state index contributed by atoms with van der Waals surface area (Å²) in [7, 11) is 1.81. The lowest BCUT2D eigenvalue weighted by molar-refractivity contribution is 0.507. The number of aromatic nitrogens is 2. The van der Waals surface area contributed by atoms with Crippen LogP contribution in [0.1, 0.15) is 38.3 Å². The third kappa shape index (κ3) is 5.93. The van der Waals surface area contributed by atoms with E-state index in [1.807, 2.05) is 25.8 Å². The van der Waals surface area contributed by atoms with Crippen molar-refractivity contribution in [3.63, 3.8) is 0 Å². The zero-order chi connectivity index (χ0) is 18.1. The number of aliphatic imine (C=N–C) groups is 1. The summed E-state index contributed by atoms with van der Waals surface area (Å²) in [4.78, 5) is 8.38. The first kappa shape index (κ1) is 19.0. The highest BCUT2D eigenvalue weighted by atomic mass is 15.2. The first-order valence-corrected chi connectivity index (χ1v) is 9.05. The first-order chi connectivity index (χ1) is 12.0. The fraction of sp³-hybridized carbons (Fsp3) is 0.500. The molecule has 5 nitrogen and oxygen atoms in total. The lowest BCUT2D eigenvalue weighted by Gasteiger charge is -2.27. The van der Waals surface area contributed by atoms with Crippen molar-refractivity contribution in [1.82, 2.24) is 20.2 Å². The third-order valence-corrected chi connectivity index (χ3v) is 4.51. The smallest absolute Gasteiger partial charge is 0.191 e. The largest absolute Gasteiger partial charge is 0.356 e. The lowest BCUT2D eigenvalue weighted by atomic mass is 9.84. The minimum atomic E-state index is 0.0424. The van der Waals surface area contributed by atoms with Gasteiger partial charge in [0.2, 0.25) is 0 Å². The summed E-state index contributed by atoms with van der Waals surface area (Å²) in [6.07, 6.45) is 7.75. The van der Waals surface area contributed by atoms with Crippen molar-refractivity contribution in [3.8, 4) is 0 Å². The highest BCUT2D eigenvalue weighted by molar-refractivity contribution is 5.79. The van der Waals surface area contributed by atoms with Crippen LogP contribution in [0.3, 0.4) is 0 Å². The van der Waals surface area contributed by atoms with E-state index in [0.29, 0.717) is 0 Å². The maximum absolute atomic E-state index is 4.32. The Morgan fingerprint density at radius 2 is 1.96 bits per heavy atom. The number of benzene rings is 1. The zero-order valence-electron chi connectivity index (χ0n) is 15.9. The maximum Gasteiger partial charge on any atom is 0.191 e. The molecule has 2 rings (SSSR count). The molecule has 0 aliphatic rings. The number of hydrogen-bond donors (Lipinski definition) is 2. The van der Waals surface area contributed by atoms with Gasteiger partial charge in [-0.25, -0.2) is 4.98 Å². The topological polar surface area (TPSA) is 54.2 Å². The van der Waals surface area contributed by atoms with Gasteiger partial charge in [0.15, 0.2) is 5.96 Å². The van der Waals surface area contributed by atoms with Crippen molar-refractivity contribution in [1.29, 1.82) is 0 Å². The molecule has 1 aromatic carbocycles. The fourth-order valence-corrected chi connectivity index (χ4v) is 2.71. The summed E-state index contributed by atoms with van der Waals surface area (Å²) >= 11 is 0. The molecule has 1 heterocycles. The number of imidazole rings is 1. The molecule has 0 atom stereocenters. The molecule has 0 radical (unpaired) electrons.